The molecule has 0 amide bonds. The molecule has 0 atom stereocenters. The SMILES string of the molecule is CN=C(NCCc1ccc(C(C)(C)C)cc1)NCC1CCN(Cc2nc(C)c(C)o2)CC1. The van der Waals surface area contributed by atoms with Gasteiger partial charge in [0.15, 0.2) is 5.96 Å². The van der Waals surface area contributed by atoms with Gasteiger partial charge in [0.2, 0.25) is 5.89 Å². The Hall–Kier alpha value is -2.34. The van der Waals surface area contributed by atoms with Gasteiger partial charge >= 0.3 is 0 Å². The summed E-state index contributed by atoms with van der Waals surface area (Å²) in [6.07, 6.45) is 3.36. The van der Waals surface area contributed by atoms with E-state index in [9.17, 15) is 0 Å². The molecule has 0 radical (unpaired) electrons. The van der Waals surface area contributed by atoms with Crippen molar-refractivity contribution < 1.29 is 4.42 Å². The lowest BCUT2D eigenvalue weighted by Crippen LogP contribution is -2.43. The maximum atomic E-state index is 5.74. The number of rotatable bonds is 7. The van der Waals surface area contributed by atoms with Crippen LogP contribution in [0.25, 0.3) is 0 Å². The van der Waals surface area contributed by atoms with Crippen LogP contribution < -0.4 is 10.6 Å². The molecular weight excluding hydrogens is 398 g/mol. The molecule has 0 unspecified atom stereocenters. The Labute approximate surface area is 193 Å². The molecule has 0 spiro atoms. The minimum atomic E-state index is 0.201. The molecule has 3 rings (SSSR count). The van der Waals surface area contributed by atoms with Gasteiger partial charge in [0.05, 0.1) is 12.2 Å². The smallest absolute Gasteiger partial charge is 0.208 e. The standard InChI is InChI=1S/C26H41N5O/c1-19-20(2)32-24(30-19)18-31-15-12-22(13-16-31)17-29-25(27-6)28-14-11-21-7-9-23(10-8-21)26(3,4)5/h7-10,22H,11-18H2,1-6H3,(H2,27,28,29). The van der Waals surface area contributed by atoms with Crippen LogP contribution in [-0.2, 0) is 18.4 Å². The van der Waals surface area contributed by atoms with E-state index in [0.29, 0.717) is 5.92 Å². The highest BCUT2D eigenvalue weighted by Gasteiger charge is 2.21. The van der Waals surface area contributed by atoms with E-state index in [4.69, 9.17) is 4.42 Å². The highest BCUT2D eigenvalue weighted by molar-refractivity contribution is 5.79. The maximum absolute atomic E-state index is 5.74. The molecular formula is C26H41N5O. The summed E-state index contributed by atoms with van der Waals surface area (Å²) in [5.74, 6) is 3.33. The fourth-order valence-corrected chi connectivity index (χ4v) is 4.11. The molecule has 2 aromatic rings. The molecule has 1 aliphatic rings. The number of hydrogen-bond donors (Lipinski definition) is 2. The van der Waals surface area contributed by atoms with Crippen LogP contribution in [0, 0.1) is 19.8 Å². The molecule has 1 aliphatic heterocycles. The van der Waals surface area contributed by atoms with Gasteiger partial charge in [-0.1, -0.05) is 45.0 Å². The fourth-order valence-electron chi connectivity index (χ4n) is 4.11. The molecule has 6 nitrogen and oxygen atoms in total. The third-order valence-electron chi connectivity index (χ3n) is 6.45. The van der Waals surface area contributed by atoms with Crippen molar-refractivity contribution in [1.29, 1.82) is 0 Å². The van der Waals surface area contributed by atoms with Gasteiger partial charge in [-0.15, -0.1) is 0 Å². The topological polar surface area (TPSA) is 65.7 Å². The molecule has 0 bridgehead atoms. The predicted octanol–water partition coefficient (Wildman–Crippen LogP) is 4.21. The van der Waals surface area contributed by atoms with Crippen LogP contribution >= 0.6 is 0 Å². The molecule has 2 heterocycles. The summed E-state index contributed by atoms with van der Waals surface area (Å²) in [6.45, 7) is 15.6. The maximum Gasteiger partial charge on any atom is 0.208 e. The monoisotopic (exact) mass is 439 g/mol. The molecule has 32 heavy (non-hydrogen) atoms. The first-order valence-corrected chi connectivity index (χ1v) is 11.9. The lowest BCUT2D eigenvalue weighted by atomic mass is 9.86. The quantitative estimate of drug-likeness (QED) is 0.500. The summed E-state index contributed by atoms with van der Waals surface area (Å²) in [5, 5.41) is 6.98. The van der Waals surface area contributed by atoms with Crippen molar-refractivity contribution in [3.8, 4) is 0 Å². The van der Waals surface area contributed by atoms with Crippen LogP contribution in [0.5, 0.6) is 0 Å². The Bertz CT molecular complexity index is 851. The first-order chi connectivity index (χ1) is 15.2. The van der Waals surface area contributed by atoms with E-state index in [0.717, 1.165) is 62.4 Å². The second kappa shape index (κ2) is 11.0. The highest BCUT2D eigenvalue weighted by atomic mass is 16.4. The van der Waals surface area contributed by atoms with Crippen molar-refractivity contribution in [2.75, 3.05) is 33.2 Å². The van der Waals surface area contributed by atoms with E-state index >= 15 is 0 Å². The largest absolute Gasteiger partial charge is 0.444 e. The van der Waals surface area contributed by atoms with Gasteiger partial charge in [0.25, 0.3) is 0 Å². The number of oxazole rings is 1. The zero-order chi connectivity index (χ0) is 23.1. The molecule has 1 saturated heterocycles. The number of nitrogens with zero attached hydrogens (tertiary/aromatic N) is 3. The van der Waals surface area contributed by atoms with E-state index in [-0.39, 0.29) is 5.41 Å². The van der Waals surface area contributed by atoms with E-state index in [1.165, 1.54) is 24.0 Å². The van der Waals surface area contributed by atoms with E-state index in [1.54, 1.807) is 0 Å². The van der Waals surface area contributed by atoms with Gasteiger partial charge in [-0.25, -0.2) is 4.98 Å². The van der Waals surface area contributed by atoms with Crippen molar-refractivity contribution in [2.24, 2.45) is 10.9 Å². The lowest BCUT2D eigenvalue weighted by Gasteiger charge is -2.31. The van der Waals surface area contributed by atoms with Gasteiger partial charge in [-0.2, -0.15) is 0 Å². The van der Waals surface area contributed by atoms with Crippen molar-refractivity contribution in [3.63, 3.8) is 0 Å². The van der Waals surface area contributed by atoms with Crippen molar-refractivity contribution in [2.45, 2.75) is 65.8 Å². The molecule has 176 valence electrons. The third-order valence-corrected chi connectivity index (χ3v) is 6.45. The van der Waals surface area contributed by atoms with Crippen molar-refractivity contribution >= 4 is 5.96 Å². The van der Waals surface area contributed by atoms with E-state index in [1.807, 2.05) is 20.9 Å². The third kappa shape index (κ3) is 7.09. The number of nitrogens with one attached hydrogen (secondary N) is 2. The van der Waals surface area contributed by atoms with Crippen LogP contribution in [0.3, 0.4) is 0 Å². The summed E-state index contributed by atoms with van der Waals surface area (Å²) in [7, 11) is 1.84. The molecule has 1 aromatic heterocycles. The number of aromatic nitrogens is 1. The van der Waals surface area contributed by atoms with Gasteiger partial charge < -0.3 is 15.1 Å². The van der Waals surface area contributed by atoms with Gasteiger partial charge in [0.1, 0.15) is 5.76 Å². The van der Waals surface area contributed by atoms with E-state index in [2.05, 4.69) is 70.5 Å². The van der Waals surface area contributed by atoms with Crippen molar-refractivity contribution in [1.82, 2.24) is 20.5 Å². The normalized spacial score (nSPS) is 16.4. The molecule has 0 saturated carbocycles. The molecule has 6 heteroatoms. The Kier molecular flexibility index (Phi) is 8.35. The number of aliphatic imine (C=N–C) groups is 1. The van der Waals surface area contributed by atoms with Crippen molar-refractivity contribution in [3.05, 3.63) is 52.7 Å². The molecule has 0 aliphatic carbocycles. The van der Waals surface area contributed by atoms with Crippen LogP contribution in [0.15, 0.2) is 33.7 Å². The zero-order valence-electron chi connectivity index (χ0n) is 20.8. The number of piperidine rings is 1. The van der Waals surface area contributed by atoms with Crippen LogP contribution in [0.4, 0.5) is 0 Å². The van der Waals surface area contributed by atoms with Crippen LogP contribution in [0.1, 0.15) is 62.1 Å². The summed E-state index contributed by atoms with van der Waals surface area (Å²) in [4.78, 5) is 11.4. The molecule has 1 aromatic carbocycles. The fraction of sp³-hybridized carbons (Fsp3) is 0.615. The Balaban J connectivity index is 1.34. The zero-order valence-corrected chi connectivity index (χ0v) is 20.8. The number of aryl methyl sites for hydroxylation is 2. The Morgan fingerprint density at radius 2 is 1.81 bits per heavy atom. The summed E-state index contributed by atoms with van der Waals surface area (Å²) in [6, 6.07) is 8.98. The lowest BCUT2D eigenvalue weighted by molar-refractivity contribution is 0.164. The van der Waals surface area contributed by atoms with E-state index < -0.39 is 0 Å². The molecule has 1 fully saturated rings. The van der Waals surface area contributed by atoms with Gasteiger partial charge in [0, 0.05) is 20.1 Å². The second-order valence-electron chi connectivity index (χ2n) is 10.0. The number of likely N-dealkylation sites (tertiary alicyclic amines) is 1. The van der Waals surface area contributed by atoms with Crippen LogP contribution in [0.2, 0.25) is 0 Å². The number of benzene rings is 1. The van der Waals surface area contributed by atoms with Crippen LogP contribution in [-0.4, -0.2) is 49.1 Å². The Morgan fingerprint density at radius 1 is 1.12 bits per heavy atom. The predicted molar refractivity (Wildman–Crippen MR) is 132 cm³/mol. The highest BCUT2D eigenvalue weighted by Crippen LogP contribution is 2.22. The van der Waals surface area contributed by atoms with Gasteiger partial charge in [-0.05, 0) is 68.7 Å². The minimum absolute atomic E-state index is 0.201. The average Bonchev–Trinajstić information content (AvgIpc) is 3.08. The number of guanidine groups is 1. The summed E-state index contributed by atoms with van der Waals surface area (Å²) in [5.41, 5.74) is 3.93. The molecule has 2 N–H and O–H groups in total. The summed E-state index contributed by atoms with van der Waals surface area (Å²) >= 11 is 0. The van der Waals surface area contributed by atoms with Gasteiger partial charge in [-0.3, -0.25) is 9.89 Å². The second-order valence-corrected chi connectivity index (χ2v) is 10.0. The minimum Gasteiger partial charge on any atom is -0.444 e. The average molecular weight is 440 g/mol. The first kappa shape index (κ1) is 24.3. The summed E-state index contributed by atoms with van der Waals surface area (Å²) < 4.78 is 5.74. The Morgan fingerprint density at radius 3 is 2.38 bits per heavy atom. The number of hydrogen-bond acceptors (Lipinski definition) is 4. The first-order valence-electron chi connectivity index (χ1n) is 11.9.